The lowest BCUT2D eigenvalue weighted by molar-refractivity contribution is -0.112. The Kier molecular flexibility index (Phi) is 8.59. The zero-order valence-electron chi connectivity index (χ0n) is 12.9. The molecule has 0 saturated heterocycles. The Balaban J connectivity index is 0.00000137. The molecule has 0 aromatic rings. The zero-order chi connectivity index (χ0) is 14.2. The lowest BCUT2D eigenvalue weighted by Gasteiger charge is -2.29. The first kappa shape index (κ1) is 17.7. The SMILES string of the molecule is CC.[B]C1(C)CCCC(C=O)C(CCN(C)C)C1. The van der Waals surface area contributed by atoms with Gasteiger partial charge in [0.15, 0.2) is 0 Å². The van der Waals surface area contributed by atoms with E-state index in [9.17, 15) is 4.79 Å². The maximum absolute atomic E-state index is 11.1. The standard InChI is InChI=1S/C13H24BNO.C2H6/c1-13(14)7-4-5-12(10-16)11(9-13)6-8-15(2)3;1-2/h10-12H,4-9H2,1-3H3;1-2H3. The molecule has 3 heteroatoms. The molecule has 1 rings (SSSR count). The summed E-state index contributed by atoms with van der Waals surface area (Å²) in [4.78, 5) is 13.3. The van der Waals surface area contributed by atoms with Crippen LogP contribution >= 0.6 is 0 Å². The predicted octanol–water partition coefficient (Wildman–Crippen LogP) is 3.32. The number of carbonyl (C=O) groups excluding carboxylic acids is 1. The Morgan fingerprint density at radius 3 is 2.50 bits per heavy atom. The van der Waals surface area contributed by atoms with Gasteiger partial charge in [0.25, 0.3) is 0 Å². The molecule has 3 unspecified atom stereocenters. The van der Waals surface area contributed by atoms with Gasteiger partial charge in [0.2, 0.25) is 0 Å². The Morgan fingerprint density at radius 2 is 2.00 bits per heavy atom. The molecule has 1 saturated carbocycles. The molecule has 1 fully saturated rings. The van der Waals surface area contributed by atoms with Crippen molar-refractivity contribution in [3.63, 3.8) is 0 Å². The molecule has 104 valence electrons. The van der Waals surface area contributed by atoms with Gasteiger partial charge in [-0.2, -0.15) is 0 Å². The van der Waals surface area contributed by atoms with Gasteiger partial charge in [0.1, 0.15) is 6.29 Å². The van der Waals surface area contributed by atoms with Crippen molar-refractivity contribution in [2.75, 3.05) is 20.6 Å². The van der Waals surface area contributed by atoms with Crippen LogP contribution in [0.4, 0.5) is 0 Å². The van der Waals surface area contributed by atoms with Crippen molar-refractivity contribution < 1.29 is 4.79 Å². The van der Waals surface area contributed by atoms with Gasteiger partial charge in [-0.05, 0) is 39.4 Å². The summed E-state index contributed by atoms with van der Waals surface area (Å²) in [5, 5.41) is -0.0747. The highest BCUT2D eigenvalue weighted by atomic mass is 16.1. The van der Waals surface area contributed by atoms with Gasteiger partial charge in [-0.1, -0.05) is 45.3 Å². The third-order valence-electron chi connectivity index (χ3n) is 3.74. The van der Waals surface area contributed by atoms with Crippen molar-refractivity contribution in [3.05, 3.63) is 0 Å². The van der Waals surface area contributed by atoms with Gasteiger partial charge >= 0.3 is 0 Å². The molecule has 1 aliphatic rings. The Morgan fingerprint density at radius 1 is 1.39 bits per heavy atom. The van der Waals surface area contributed by atoms with Crippen LogP contribution in [0.25, 0.3) is 0 Å². The van der Waals surface area contributed by atoms with E-state index in [-0.39, 0.29) is 11.2 Å². The highest BCUT2D eigenvalue weighted by Gasteiger charge is 2.31. The first-order chi connectivity index (χ1) is 8.44. The van der Waals surface area contributed by atoms with E-state index >= 15 is 0 Å². The summed E-state index contributed by atoms with van der Waals surface area (Å²) in [7, 11) is 10.4. The van der Waals surface area contributed by atoms with Crippen LogP contribution < -0.4 is 0 Å². The van der Waals surface area contributed by atoms with E-state index in [4.69, 9.17) is 7.85 Å². The van der Waals surface area contributed by atoms with E-state index in [1.54, 1.807) is 0 Å². The van der Waals surface area contributed by atoms with Gasteiger partial charge in [0.05, 0.1) is 7.85 Å². The zero-order valence-corrected chi connectivity index (χ0v) is 12.9. The summed E-state index contributed by atoms with van der Waals surface area (Å²) in [5.74, 6) is 0.697. The molecule has 0 aromatic carbocycles. The van der Waals surface area contributed by atoms with Crippen molar-refractivity contribution in [1.29, 1.82) is 0 Å². The van der Waals surface area contributed by atoms with E-state index in [1.165, 1.54) is 0 Å². The third kappa shape index (κ3) is 6.58. The minimum absolute atomic E-state index is 0.0747. The van der Waals surface area contributed by atoms with E-state index in [1.807, 2.05) is 13.8 Å². The fraction of sp³-hybridized carbons (Fsp3) is 0.933. The van der Waals surface area contributed by atoms with E-state index in [0.717, 1.165) is 44.9 Å². The number of hydrogen-bond donors (Lipinski definition) is 0. The quantitative estimate of drug-likeness (QED) is 0.434. The van der Waals surface area contributed by atoms with Crippen molar-refractivity contribution in [3.8, 4) is 0 Å². The Labute approximate surface area is 115 Å². The van der Waals surface area contributed by atoms with Gasteiger partial charge < -0.3 is 9.69 Å². The largest absolute Gasteiger partial charge is 0.309 e. The summed E-state index contributed by atoms with van der Waals surface area (Å²) in [5.41, 5.74) is 0. The number of rotatable bonds is 4. The van der Waals surface area contributed by atoms with E-state index in [0.29, 0.717) is 5.92 Å². The lowest BCUT2D eigenvalue weighted by Crippen LogP contribution is -2.24. The maximum atomic E-state index is 11.1. The highest BCUT2D eigenvalue weighted by Crippen LogP contribution is 2.43. The van der Waals surface area contributed by atoms with Gasteiger partial charge in [-0.3, -0.25) is 0 Å². The molecule has 2 nitrogen and oxygen atoms in total. The van der Waals surface area contributed by atoms with Gasteiger partial charge in [-0.15, -0.1) is 0 Å². The summed E-state index contributed by atoms with van der Waals surface area (Å²) >= 11 is 0. The highest BCUT2D eigenvalue weighted by molar-refractivity contribution is 6.14. The van der Waals surface area contributed by atoms with Crippen molar-refractivity contribution >= 4 is 14.1 Å². The smallest absolute Gasteiger partial charge is 0.123 e. The van der Waals surface area contributed by atoms with E-state index in [2.05, 4.69) is 25.9 Å². The van der Waals surface area contributed by atoms with Crippen LogP contribution in [-0.2, 0) is 4.79 Å². The van der Waals surface area contributed by atoms with Crippen molar-refractivity contribution in [1.82, 2.24) is 4.90 Å². The normalized spacial score (nSPS) is 32.3. The molecule has 2 radical (unpaired) electrons. The van der Waals surface area contributed by atoms with Crippen LogP contribution in [0, 0.1) is 11.8 Å². The second kappa shape index (κ2) is 8.74. The molecule has 3 atom stereocenters. The van der Waals surface area contributed by atoms with Crippen molar-refractivity contribution in [2.24, 2.45) is 11.8 Å². The minimum Gasteiger partial charge on any atom is -0.309 e. The fourth-order valence-electron chi connectivity index (χ4n) is 2.75. The average Bonchev–Trinajstić information content (AvgIpc) is 2.47. The second-order valence-electron chi connectivity index (χ2n) is 5.90. The number of aldehydes is 1. The second-order valence-corrected chi connectivity index (χ2v) is 5.90. The average molecular weight is 251 g/mol. The summed E-state index contributed by atoms with van der Waals surface area (Å²) in [6.07, 6.45) is 6.40. The summed E-state index contributed by atoms with van der Waals surface area (Å²) in [6.45, 7) is 7.17. The molecular weight excluding hydrogens is 221 g/mol. The molecule has 0 spiro atoms. The first-order valence-electron chi connectivity index (χ1n) is 7.33. The molecular formula is C15H30BNO. The Bertz CT molecular complexity index is 229. The van der Waals surface area contributed by atoms with Crippen LogP contribution in [0.5, 0.6) is 0 Å². The number of carbonyl (C=O) groups is 1. The van der Waals surface area contributed by atoms with Crippen molar-refractivity contribution in [2.45, 2.75) is 58.2 Å². The van der Waals surface area contributed by atoms with E-state index < -0.39 is 0 Å². The lowest BCUT2D eigenvalue weighted by atomic mass is 9.63. The molecule has 18 heavy (non-hydrogen) atoms. The molecule has 0 N–H and O–H groups in total. The molecule has 0 heterocycles. The molecule has 1 aliphatic carbocycles. The minimum atomic E-state index is -0.0747. The number of nitrogens with zero attached hydrogens (tertiary/aromatic N) is 1. The van der Waals surface area contributed by atoms with Crippen LogP contribution in [0.15, 0.2) is 0 Å². The van der Waals surface area contributed by atoms with Crippen LogP contribution in [-0.4, -0.2) is 39.7 Å². The molecule has 0 bridgehead atoms. The third-order valence-corrected chi connectivity index (χ3v) is 3.74. The van der Waals surface area contributed by atoms with Crippen LogP contribution in [0.1, 0.15) is 52.9 Å². The predicted molar refractivity (Wildman–Crippen MR) is 80.2 cm³/mol. The topological polar surface area (TPSA) is 20.3 Å². The van der Waals surface area contributed by atoms with Gasteiger partial charge in [-0.25, -0.2) is 0 Å². The first-order valence-corrected chi connectivity index (χ1v) is 7.33. The van der Waals surface area contributed by atoms with Crippen LogP contribution in [0.3, 0.4) is 0 Å². The molecule has 0 aromatic heterocycles. The Hall–Kier alpha value is -0.305. The number of hydrogen-bond acceptors (Lipinski definition) is 2. The molecule has 0 aliphatic heterocycles. The van der Waals surface area contributed by atoms with Crippen LogP contribution in [0.2, 0.25) is 5.31 Å². The van der Waals surface area contributed by atoms with Gasteiger partial charge in [0, 0.05) is 5.92 Å². The summed E-state index contributed by atoms with van der Waals surface area (Å²) in [6, 6.07) is 0. The maximum Gasteiger partial charge on any atom is 0.123 e. The fourth-order valence-corrected chi connectivity index (χ4v) is 2.75. The molecule has 0 amide bonds. The monoisotopic (exact) mass is 251 g/mol. The summed E-state index contributed by atoms with van der Waals surface area (Å²) < 4.78 is 0.